The maximum absolute atomic E-state index is 3.74. The molecule has 0 aliphatic heterocycles. The fourth-order valence-corrected chi connectivity index (χ4v) is 3.29. The van der Waals surface area contributed by atoms with E-state index in [9.17, 15) is 0 Å². The minimum atomic E-state index is 0.412. The van der Waals surface area contributed by atoms with Crippen LogP contribution < -0.4 is 5.32 Å². The van der Waals surface area contributed by atoms with E-state index in [0.717, 1.165) is 6.42 Å². The highest BCUT2D eigenvalue weighted by Crippen LogP contribution is 2.27. The largest absolute Gasteiger partial charge is 0.303 e. The Kier molecular flexibility index (Phi) is 4.56. The number of rotatable bonds is 5. The molecule has 96 valence electrons. The summed E-state index contributed by atoms with van der Waals surface area (Å²) < 4.78 is 0. The lowest BCUT2D eigenvalue weighted by molar-refractivity contribution is 0.459. The van der Waals surface area contributed by atoms with Gasteiger partial charge in [0.25, 0.3) is 0 Å². The van der Waals surface area contributed by atoms with Crippen molar-refractivity contribution < 1.29 is 0 Å². The standard InChI is InChI=1S/C16H21NS/c1-4-15(14-8-6-5-7-9-14)17-13(3)16-12(2)10-11-18-16/h5-11,13,15,17H,4H2,1-3H3. The van der Waals surface area contributed by atoms with Gasteiger partial charge in [-0.3, -0.25) is 0 Å². The molecule has 2 atom stereocenters. The second-order valence-electron chi connectivity index (χ2n) is 4.73. The number of benzene rings is 1. The highest BCUT2D eigenvalue weighted by atomic mass is 32.1. The van der Waals surface area contributed by atoms with Gasteiger partial charge in [0.1, 0.15) is 0 Å². The summed E-state index contributed by atoms with van der Waals surface area (Å²) in [5.41, 5.74) is 2.77. The molecule has 2 unspecified atom stereocenters. The molecule has 0 radical (unpaired) electrons. The maximum Gasteiger partial charge on any atom is 0.0393 e. The second kappa shape index (κ2) is 6.17. The SMILES string of the molecule is CCC(NC(C)c1sccc1C)c1ccccc1. The van der Waals surface area contributed by atoms with Gasteiger partial charge in [-0.2, -0.15) is 0 Å². The van der Waals surface area contributed by atoms with Crippen LogP contribution in [0.5, 0.6) is 0 Å². The summed E-state index contributed by atoms with van der Waals surface area (Å²) in [4.78, 5) is 1.45. The minimum Gasteiger partial charge on any atom is -0.303 e. The maximum atomic E-state index is 3.74. The van der Waals surface area contributed by atoms with Gasteiger partial charge < -0.3 is 5.32 Å². The fourth-order valence-electron chi connectivity index (χ4n) is 2.34. The molecule has 1 aromatic heterocycles. The third kappa shape index (κ3) is 3.01. The zero-order valence-corrected chi connectivity index (χ0v) is 12.1. The van der Waals surface area contributed by atoms with Crippen LogP contribution in [0.3, 0.4) is 0 Å². The summed E-state index contributed by atoms with van der Waals surface area (Å²) in [6.45, 7) is 6.68. The van der Waals surface area contributed by atoms with Crippen LogP contribution in [0.4, 0.5) is 0 Å². The minimum absolute atomic E-state index is 0.412. The molecule has 2 rings (SSSR count). The van der Waals surface area contributed by atoms with E-state index in [1.807, 2.05) is 11.3 Å². The molecule has 0 aliphatic carbocycles. The summed E-state index contributed by atoms with van der Waals surface area (Å²) >= 11 is 1.84. The molecule has 1 aromatic carbocycles. The lowest BCUT2D eigenvalue weighted by Gasteiger charge is -2.22. The summed E-state index contributed by atoms with van der Waals surface area (Å²) in [6.07, 6.45) is 1.11. The number of hydrogen-bond donors (Lipinski definition) is 1. The van der Waals surface area contributed by atoms with E-state index in [1.165, 1.54) is 16.0 Å². The van der Waals surface area contributed by atoms with Gasteiger partial charge in [-0.05, 0) is 42.8 Å². The van der Waals surface area contributed by atoms with Crippen molar-refractivity contribution in [2.75, 3.05) is 0 Å². The topological polar surface area (TPSA) is 12.0 Å². The van der Waals surface area contributed by atoms with Gasteiger partial charge in [0.05, 0.1) is 0 Å². The molecular weight excluding hydrogens is 238 g/mol. The molecule has 18 heavy (non-hydrogen) atoms. The molecule has 0 aliphatic rings. The van der Waals surface area contributed by atoms with Gasteiger partial charge in [0, 0.05) is 17.0 Å². The summed E-state index contributed by atoms with van der Waals surface area (Å²) in [5, 5.41) is 5.91. The Morgan fingerprint density at radius 1 is 1.17 bits per heavy atom. The van der Waals surface area contributed by atoms with Crippen LogP contribution in [0, 0.1) is 6.92 Å². The Labute approximate surface area is 114 Å². The van der Waals surface area contributed by atoms with Gasteiger partial charge in [-0.25, -0.2) is 0 Å². The normalized spacial score (nSPS) is 14.4. The predicted molar refractivity (Wildman–Crippen MR) is 80.1 cm³/mol. The quantitative estimate of drug-likeness (QED) is 0.808. The molecular formula is C16H21NS. The van der Waals surface area contributed by atoms with Gasteiger partial charge in [0.2, 0.25) is 0 Å². The average Bonchev–Trinajstić information content (AvgIpc) is 2.83. The highest BCUT2D eigenvalue weighted by molar-refractivity contribution is 7.10. The number of aryl methyl sites for hydroxylation is 1. The van der Waals surface area contributed by atoms with Gasteiger partial charge in [-0.15, -0.1) is 11.3 Å². The van der Waals surface area contributed by atoms with E-state index in [4.69, 9.17) is 0 Å². The average molecular weight is 259 g/mol. The van der Waals surface area contributed by atoms with E-state index < -0.39 is 0 Å². The second-order valence-corrected chi connectivity index (χ2v) is 5.68. The van der Waals surface area contributed by atoms with E-state index in [1.54, 1.807) is 0 Å². The van der Waals surface area contributed by atoms with Crippen LogP contribution in [-0.2, 0) is 0 Å². The van der Waals surface area contributed by atoms with Crippen LogP contribution in [0.15, 0.2) is 41.8 Å². The summed E-state index contributed by atoms with van der Waals surface area (Å²) in [5.74, 6) is 0. The van der Waals surface area contributed by atoms with Crippen molar-refractivity contribution in [2.45, 2.75) is 39.3 Å². The first-order valence-electron chi connectivity index (χ1n) is 6.57. The lowest BCUT2D eigenvalue weighted by Crippen LogP contribution is -2.24. The van der Waals surface area contributed by atoms with Crippen molar-refractivity contribution in [1.29, 1.82) is 0 Å². The van der Waals surface area contributed by atoms with Crippen LogP contribution in [0.2, 0.25) is 0 Å². The first kappa shape index (κ1) is 13.3. The summed E-state index contributed by atoms with van der Waals surface area (Å²) in [7, 11) is 0. The van der Waals surface area contributed by atoms with Crippen molar-refractivity contribution in [3.63, 3.8) is 0 Å². The van der Waals surface area contributed by atoms with E-state index in [2.05, 4.69) is 67.9 Å². The molecule has 2 aromatic rings. The first-order valence-corrected chi connectivity index (χ1v) is 7.45. The van der Waals surface area contributed by atoms with Gasteiger partial charge in [0.15, 0.2) is 0 Å². The monoisotopic (exact) mass is 259 g/mol. The Balaban J connectivity index is 2.10. The van der Waals surface area contributed by atoms with Crippen LogP contribution >= 0.6 is 11.3 Å². The zero-order valence-electron chi connectivity index (χ0n) is 11.3. The first-order chi connectivity index (χ1) is 8.72. The molecule has 1 heterocycles. The molecule has 0 saturated heterocycles. The Morgan fingerprint density at radius 3 is 2.44 bits per heavy atom. The van der Waals surface area contributed by atoms with Crippen molar-refractivity contribution in [1.82, 2.24) is 5.32 Å². The Hall–Kier alpha value is -1.12. The molecule has 0 saturated carbocycles. The number of thiophene rings is 1. The lowest BCUT2D eigenvalue weighted by atomic mass is 10.0. The molecule has 0 fully saturated rings. The molecule has 1 nitrogen and oxygen atoms in total. The molecule has 1 N–H and O–H groups in total. The predicted octanol–water partition coefficient (Wildman–Crippen LogP) is 4.86. The smallest absolute Gasteiger partial charge is 0.0393 e. The number of hydrogen-bond acceptors (Lipinski definition) is 2. The molecule has 0 spiro atoms. The molecule has 0 amide bonds. The Bertz CT molecular complexity index is 475. The third-order valence-electron chi connectivity index (χ3n) is 3.36. The van der Waals surface area contributed by atoms with E-state index in [-0.39, 0.29) is 0 Å². The van der Waals surface area contributed by atoms with Crippen molar-refractivity contribution in [3.8, 4) is 0 Å². The van der Waals surface area contributed by atoms with E-state index in [0.29, 0.717) is 12.1 Å². The van der Waals surface area contributed by atoms with Gasteiger partial charge in [-0.1, -0.05) is 37.3 Å². The van der Waals surface area contributed by atoms with Crippen molar-refractivity contribution >= 4 is 11.3 Å². The zero-order chi connectivity index (χ0) is 13.0. The third-order valence-corrected chi connectivity index (χ3v) is 4.56. The molecule has 0 bridgehead atoms. The summed E-state index contributed by atoms with van der Waals surface area (Å²) in [6, 6.07) is 13.7. The molecule has 2 heteroatoms. The highest BCUT2D eigenvalue weighted by Gasteiger charge is 2.15. The van der Waals surface area contributed by atoms with Crippen molar-refractivity contribution in [2.24, 2.45) is 0 Å². The van der Waals surface area contributed by atoms with Gasteiger partial charge >= 0.3 is 0 Å². The fraction of sp³-hybridized carbons (Fsp3) is 0.375. The van der Waals surface area contributed by atoms with Crippen molar-refractivity contribution in [3.05, 3.63) is 57.8 Å². The van der Waals surface area contributed by atoms with Crippen LogP contribution in [0.1, 0.15) is 48.4 Å². The van der Waals surface area contributed by atoms with Crippen LogP contribution in [-0.4, -0.2) is 0 Å². The Morgan fingerprint density at radius 2 is 1.89 bits per heavy atom. The number of nitrogens with one attached hydrogen (secondary N) is 1. The van der Waals surface area contributed by atoms with E-state index >= 15 is 0 Å². The van der Waals surface area contributed by atoms with Crippen LogP contribution in [0.25, 0.3) is 0 Å².